The summed E-state index contributed by atoms with van der Waals surface area (Å²) >= 11 is 0. The molecule has 0 N–H and O–H groups in total. The van der Waals surface area contributed by atoms with Gasteiger partial charge in [-0.15, -0.1) is 0 Å². The monoisotopic (exact) mass is 864 g/mol. The van der Waals surface area contributed by atoms with Gasteiger partial charge < -0.3 is 27.5 Å². The lowest BCUT2D eigenvalue weighted by atomic mass is 9.83. The lowest BCUT2D eigenvalue weighted by molar-refractivity contribution is 0.303. The van der Waals surface area contributed by atoms with E-state index in [1.165, 1.54) is 0 Å². The SMILES string of the molecule is Cc1ccc(OB(Oc2c(C)cc(C)cc2C)Oc2c(C(C)C)cc(C)c(C)c2-c2c(C)c(C)cc(C(C)C)c2OP(Oc2ccc(C)cc2C)Oc2ccc(C)cc2C)c(C)c1. The summed E-state index contributed by atoms with van der Waals surface area (Å²) in [7, 11) is -3.20. The van der Waals surface area contributed by atoms with E-state index in [0.717, 1.165) is 100 Å². The van der Waals surface area contributed by atoms with E-state index in [9.17, 15) is 0 Å². The third-order valence-corrected chi connectivity index (χ3v) is 12.9. The zero-order valence-corrected chi connectivity index (χ0v) is 41.5. The zero-order chi connectivity index (χ0) is 46.0. The summed E-state index contributed by atoms with van der Waals surface area (Å²) in [6.07, 6.45) is 0. The van der Waals surface area contributed by atoms with E-state index in [4.69, 9.17) is 27.5 Å². The van der Waals surface area contributed by atoms with E-state index in [0.29, 0.717) is 28.7 Å². The Kier molecular flexibility index (Phi) is 14.6. The molecule has 330 valence electrons. The molecule has 6 aromatic carbocycles. The van der Waals surface area contributed by atoms with E-state index in [-0.39, 0.29) is 11.8 Å². The Bertz CT molecular complexity index is 2570. The van der Waals surface area contributed by atoms with Crippen molar-refractivity contribution in [2.45, 2.75) is 130 Å². The second-order valence-electron chi connectivity index (χ2n) is 18.2. The Morgan fingerprint density at radius 2 is 0.746 bits per heavy atom. The lowest BCUT2D eigenvalue weighted by Gasteiger charge is -2.29. The molecule has 0 radical (unpaired) electrons. The molecule has 0 atom stereocenters. The molecule has 0 aromatic heterocycles. The van der Waals surface area contributed by atoms with Crippen molar-refractivity contribution in [2.75, 3.05) is 0 Å². The maximum Gasteiger partial charge on any atom is 0.864 e. The first-order chi connectivity index (χ1) is 29.7. The van der Waals surface area contributed by atoms with Crippen molar-refractivity contribution >= 4 is 15.9 Å². The smallest absolute Gasteiger partial charge is 0.489 e. The van der Waals surface area contributed by atoms with Crippen LogP contribution in [0, 0.1) is 90.0 Å². The van der Waals surface area contributed by atoms with E-state index < -0.39 is 15.9 Å². The van der Waals surface area contributed by atoms with Crippen molar-refractivity contribution in [3.63, 3.8) is 0 Å². The van der Waals surface area contributed by atoms with Crippen molar-refractivity contribution in [1.82, 2.24) is 0 Å². The average molecular weight is 865 g/mol. The fourth-order valence-electron chi connectivity index (χ4n) is 8.27. The molecule has 6 aromatic rings. The van der Waals surface area contributed by atoms with Crippen molar-refractivity contribution in [2.24, 2.45) is 0 Å². The van der Waals surface area contributed by atoms with Gasteiger partial charge in [0.1, 0.15) is 34.5 Å². The molecular formula is C55H66BO6P. The van der Waals surface area contributed by atoms with Crippen molar-refractivity contribution in [3.05, 3.63) is 162 Å². The minimum absolute atomic E-state index is 0.0829. The molecule has 8 heteroatoms. The Labute approximate surface area is 379 Å². The summed E-state index contributed by atoms with van der Waals surface area (Å²) < 4.78 is 42.0. The van der Waals surface area contributed by atoms with Crippen molar-refractivity contribution in [1.29, 1.82) is 0 Å². The maximum absolute atomic E-state index is 7.33. The fraction of sp³-hybridized carbons (Fsp3) is 0.345. The normalized spacial score (nSPS) is 11.4. The van der Waals surface area contributed by atoms with Crippen LogP contribution in [0.1, 0.15) is 123 Å². The van der Waals surface area contributed by atoms with Gasteiger partial charge in [0, 0.05) is 11.1 Å². The summed E-state index contributed by atoms with van der Waals surface area (Å²) in [5, 5.41) is 0. The van der Waals surface area contributed by atoms with Crippen LogP contribution in [-0.4, -0.2) is 7.32 Å². The Hall–Kier alpha value is -5.39. The second-order valence-corrected chi connectivity index (χ2v) is 19.2. The molecule has 0 saturated heterocycles. The first-order valence-corrected chi connectivity index (χ1v) is 23.2. The molecule has 0 amide bonds. The van der Waals surface area contributed by atoms with Gasteiger partial charge in [0.25, 0.3) is 0 Å². The molecule has 0 aliphatic carbocycles. The summed E-state index contributed by atoms with van der Waals surface area (Å²) in [6.45, 7) is 36.1. The van der Waals surface area contributed by atoms with Crippen LogP contribution in [0.4, 0.5) is 0 Å². The van der Waals surface area contributed by atoms with Crippen molar-refractivity contribution in [3.8, 4) is 45.6 Å². The number of hydrogen-bond donors (Lipinski definition) is 0. The Balaban J connectivity index is 1.61. The van der Waals surface area contributed by atoms with Crippen LogP contribution in [0.5, 0.6) is 34.5 Å². The molecule has 0 spiro atoms. The van der Waals surface area contributed by atoms with E-state index in [1.54, 1.807) is 0 Å². The molecule has 0 unspecified atom stereocenters. The first-order valence-electron chi connectivity index (χ1n) is 22.1. The third-order valence-electron chi connectivity index (χ3n) is 11.9. The lowest BCUT2D eigenvalue weighted by Crippen LogP contribution is -2.38. The summed E-state index contributed by atoms with van der Waals surface area (Å²) in [5.74, 6) is 4.36. The molecule has 63 heavy (non-hydrogen) atoms. The molecular weight excluding hydrogens is 798 g/mol. The predicted molar refractivity (Wildman–Crippen MR) is 264 cm³/mol. The summed E-state index contributed by atoms with van der Waals surface area (Å²) in [6, 6.07) is 27.2. The van der Waals surface area contributed by atoms with Gasteiger partial charge in [0.15, 0.2) is 0 Å². The molecule has 0 fully saturated rings. The van der Waals surface area contributed by atoms with Crippen LogP contribution in [0.2, 0.25) is 0 Å². The number of hydrogen-bond acceptors (Lipinski definition) is 6. The van der Waals surface area contributed by atoms with Gasteiger partial charge in [0.05, 0.1) is 0 Å². The highest BCUT2D eigenvalue weighted by Gasteiger charge is 2.37. The quantitative estimate of drug-likeness (QED) is 0.0757. The molecule has 6 rings (SSSR count). The molecule has 0 bridgehead atoms. The van der Waals surface area contributed by atoms with Crippen LogP contribution >= 0.6 is 8.60 Å². The van der Waals surface area contributed by atoms with Gasteiger partial charge in [-0.1, -0.05) is 111 Å². The third kappa shape index (κ3) is 10.7. The molecule has 0 aliphatic heterocycles. The first kappa shape index (κ1) is 47.1. The van der Waals surface area contributed by atoms with Gasteiger partial charge in [-0.2, -0.15) is 0 Å². The fourth-order valence-corrected chi connectivity index (χ4v) is 9.46. The number of benzene rings is 6. The molecule has 0 saturated carbocycles. The van der Waals surface area contributed by atoms with Gasteiger partial charge >= 0.3 is 15.9 Å². The second kappa shape index (κ2) is 19.6. The predicted octanol–water partition coefficient (Wildman–Crippen LogP) is 15.9. The number of aryl methyl sites for hydroxylation is 11. The highest BCUT2D eigenvalue weighted by Crippen LogP contribution is 2.54. The molecule has 6 nitrogen and oxygen atoms in total. The summed E-state index contributed by atoms with van der Waals surface area (Å²) in [4.78, 5) is 0. The van der Waals surface area contributed by atoms with Crippen LogP contribution in [0.15, 0.2) is 78.9 Å². The molecule has 0 aliphatic rings. The molecule has 0 heterocycles. The Morgan fingerprint density at radius 1 is 0.365 bits per heavy atom. The van der Waals surface area contributed by atoms with Crippen LogP contribution < -0.4 is 27.5 Å². The van der Waals surface area contributed by atoms with Gasteiger partial charge in [-0.05, 0) is 181 Å². The van der Waals surface area contributed by atoms with E-state index in [1.807, 2.05) is 18.2 Å². The van der Waals surface area contributed by atoms with Crippen LogP contribution in [-0.2, 0) is 0 Å². The van der Waals surface area contributed by atoms with Crippen molar-refractivity contribution < 1.29 is 27.5 Å². The van der Waals surface area contributed by atoms with Gasteiger partial charge in [-0.3, -0.25) is 0 Å². The zero-order valence-electron chi connectivity index (χ0n) is 40.6. The van der Waals surface area contributed by atoms with Gasteiger partial charge in [0.2, 0.25) is 0 Å². The largest absolute Gasteiger partial charge is 0.864 e. The van der Waals surface area contributed by atoms with E-state index in [2.05, 4.69) is 178 Å². The van der Waals surface area contributed by atoms with E-state index >= 15 is 0 Å². The number of rotatable bonds is 15. The highest BCUT2D eigenvalue weighted by molar-refractivity contribution is 7.43. The minimum Gasteiger partial charge on any atom is -0.489 e. The Morgan fingerprint density at radius 3 is 1.17 bits per heavy atom. The van der Waals surface area contributed by atoms with Crippen LogP contribution in [0.3, 0.4) is 0 Å². The highest BCUT2D eigenvalue weighted by atomic mass is 31.2. The summed E-state index contributed by atoms with van der Waals surface area (Å²) in [5.41, 5.74) is 17.9. The minimum atomic E-state index is -2.05. The topological polar surface area (TPSA) is 55.4 Å². The standard InChI is InChI=1S/C55H66BO6P/c1-31(2)46-29-37(9)44(16)51(54(46)59-56(57-48-21-18-33(5)24-39(48)11)58-53-42(14)27-36(8)28-43(53)15)52-45(17)38(10)30-47(32(3)4)55(52)62-63(60-49-22-19-34(6)25-40(49)12)61-50-23-20-35(7)26-41(50)13/h18-32H,1-17H3. The van der Waals surface area contributed by atoms with Gasteiger partial charge in [-0.25, -0.2) is 0 Å². The maximum atomic E-state index is 7.33. The van der Waals surface area contributed by atoms with Crippen LogP contribution in [0.25, 0.3) is 11.1 Å². The average Bonchev–Trinajstić information content (AvgIpc) is 3.19.